The molecular formula is C21H26N4O3. The normalized spacial score (nSPS) is 14.8. The summed E-state index contributed by atoms with van der Waals surface area (Å²) >= 11 is 0. The second-order valence-electron chi connectivity index (χ2n) is 7.04. The van der Waals surface area contributed by atoms with Crippen molar-refractivity contribution in [2.75, 3.05) is 12.4 Å². The molecule has 7 heteroatoms. The highest BCUT2D eigenvalue weighted by atomic mass is 16.5. The first-order valence-electron chi connectivity index (χ1n) is 9.67. The molecule has 7 nitrogen and oxygen atoms in total. The SMILES string of the molecule is COC(=O)c1ccc(Nc2cc(C(=O)NC3CCCCCC3)nc(C)n2)cc1. The summed E-state index contributed by atoms with van der Waals surface area (Å²) in [5.41, 5.74) is 1.57. The van der Waals surface area contributed by atoms with Crippen LogP contribution in [0.3, 0.4) is 0 Å². The Bertz CT molecular complexity index is 828. The van der Waals surface area contributed by atoms with Gasteiger partial charge in [-0.1, -0.05) is 25.7 Å². The second-order valence-corrected chi connectivity index (χ2v) is 7.04. The number of amides is 1. The number of methoxy groups -OCH3 is 1. The highest BCUT2D eigenvalue weighted by molar-refractivity contribution is 5.93. The molecular weight excluding hydrogens is 356 g/mol. The smallest absolute Gasteiger partial charge is 0.337 e. The van der Waals surface area contributed by atoms with Crippen molar-refractivity contribution in [3.8, 4) is 0 Å². The molecule has 1 aromatic carbocycles. The number of carbonyl (C=O) groups is 2. The topological polar surface area (TPSA) is 93.2 Å². The van der Waals surface area contributed by atoms with E-state index < -0.39 is 0 Å². The third kappa shape index (κ3) is 5.28. The van der Waals surface area contributed by atoms with Crippen LogP contribution < -0.4 is 10.6 Å². The summed E-state index contributed by atoms with van der Waals surface area (Å²) in [4.78, 5) is 32.8. The van der Waals surface area contributed by atoms with Crippen molar-refractivity contribution in [3.05, 3.63) is 47.4 Å². The Morgan fingerprint density at radius 1 is 1.04 bits per heavy atom. The number of hydrogen-bond donors (Lipinski definition) is 2. The zero-order valence-corrected chi connectivity index (χ0v) is 16.3. The Morgan fingerprint density at radius 3 is 2.36 bits per heavy atom. The van der Waals surface area contributed by atoms with Gasteiger partial charge in [-0.3, -0.25) is 4.79 Å². The second kappa shape index (κ2) is 9.30. The van der Waals surface area contributed by atoms with Gasteiger partial charge in [-0.2, -0.15) is 0 Å². The van der Waals surface area contributed by atoms with Crippen LogP contribution in [0.25, 0.3) is 0 Å². The highest BCUT2D eigenvalue weighted by Gasteiger charge is 2.17. The standard InChI is InChI=1S/C21H26N4O3/c1-14-22-18(20(26)25-16-7-5-3-4-6-8-16)13-19(23-14)24-17-11-9-15(10-12-17)21(27)28-2/h9-13,16H,3-8H2,1-2H3,(H,25,26)(H,22,23,24). The quantitative estimate of drug-likeness (QED) is 0.604. The monoisotopic (exact) mass is 382 g/mol. The van der Waals surface area contributed by atoms with E-state index >= 15 is 0 Å². The predicted octanol–water partition coefficient (Wildman–Crippen LogP) is 3.77. The Hall–Kier alpha value is -2.96. The molecule has 1 heterocycles. The molecule has 1 fully saturated rings. The summed E-state index contributed by atoms with van der Waals surface area (Å²) in [5, 5.41) is 6.27. The van der Waals surface area contributed by atoms with Gasteiger partial charge in [-0.25, -0.2) is 14.8 Å². The van der Waals surface area contributed by atoms with Crippen molar-refractivity contribution in [2.45, 2.75) is 51.5 Å². The van der Waals surface area contributed by atoms with Gasteiger partial charge in [0.05, 0.1) is 12.7 Å². The van der Waals surface area contributed by atoms with Gasteiger partial charge in [0.2, 0.25) is 0 Å². The van der Waals surface area contributed by atoms with Gasteiger partial charge in [0.1, 0.15) is 17.3 Å². The average Bonchev–Trinajstić information content (AvgIpc) is 2.96. The average molecular weight is 382 g/mol. The van der Waals surface area contributed by atoms with E-state index in [2.05, 4.69) is 20.6 Å². The van der Waals surface area contributed by atoms with Gasteiger partial charge >= 0.3 is 5.97 Å². The fourth-order valence-corrected chi connectivity index (χ4v) is 3.39. The fourth-order valence-electron chi connectivity index (χ4n) is 3.39. The number of aromatic nitrogens is 2. The first kappa shape index (κ1) is 19.8. The molecule has 0 spiro atoms. The molecule has 0 unspecified atom stereocenters. The summed E-state index contributed by atoms with van der Waals surface area (Å²) in [6.07, 6.45) is 6.83. The maximum absolute atomic E-state index is 12.7. The van der Waals surface area contributed by atoms with E-state index in [0.717, 1.165) is 31.4 Å². The third-order valence-corrected chi connectivity index (χ3v) is 4.84. The molecule has 1 aliphatic rings. The summed E-state index contributed by atoms with van der Waals surface area (Å²) < 4.78 is 4.70. The summed E-state index contributed by atoms with van der Waals surface area (Å²) in [5.74, 6) is 0.495. The Kier molecular flexibility index (Phi) is 6.57. The van der Waals surface area contributed by atoms with Crippen LogP contribution in [0.4, 0.5) is 11.5 Å². The molecule has 1 amide bonds. The lowest BCUT2D eigenvalue weighted by Crippen LogP contribution is -2.35. The van der Waals surface area contributed by atoms with Crippen LogP contribution in [-0.2, 0) is 4.74 Å². The van der Waals surface area contributed by atoms with Crippen molar-refractivity contribution in [2.24, 2.45) is 0 Å². The predicted molar refractivity (Wildman–Crippen MR) is 107 cm³/mol. The lowest BCUT2D eigenvalue weighted by Gasteiger charge is -2.16. The van der Waals surface area contributed by atoms with E-state index in [-0.39, 0.29) is 17.9 Å². The number of rotatable bonds is 5. The van der Waals surface area contributed by atoms with E-state index in [1.54, 1.807) is 37.3 Å². The van der Waals surface area contributed by atoms with Crippen LogP contribution in [0, 0.1) is 6.92 Å². The molecule has 0 radical (unpaired) electrons. The van der Waals surface area contributed by atoms with Crippen LogP contribution in [0.2, 0.25) is 0 Å². The largest absolute Gasteiger partial charge is 0.465 e. The molecule has 3 rings (SSSR count). The minimum atomic E-state index is -0.387. The number of anilines is 2. The number of nitrogens with one attached hydrogen (secondary N) is 2. The minimum absolute atomic E-state index is 0.165. The van der Waals surface area contributed by atoms with Crippen LogP contribution in [0.15, 0.2) is 30.3 Å². The molecule has 1 saturated carbocycles. The number of hydrogen-bond acceptors (Lipinski definition) is 6. The van der Waals surface area contributed by atoms with Gasteiger partial charge in [-0.05, 0) is 44.0 Å². The molecule has 1 aliphatic carbocycles. The van der Waals surface area contributed by atoms with E-state index in [1.807, 2.05) is 0 Å². The van der Waals surface area contributed by atoms with Crippen LogP contribution >= 0.6 is 0 Å². The number of aryl methyl sites for hydroxylation is 1. The molecule has 148 valence electrons. The van der Waals surface area contributed by atoms with Crippen molar-refractivity contribution in [1.82, 2.24) is 15.3 Å². The number of ether oxygens (including phenoxy) is 1. The number of esters is 1. The number of benzene rings is 1. The Labute approximate surface area is 164 Å². The lowest BCUT2D eigenvalue weighted by atomic mass is 10.1. The zero-order valence-electron chi connectivity index (χ0n) is 16.3. The fraction of sp³-hybridized carbons (Fsp3) is 0.429. The van der Waals surface area contributed by atoms with Crippen LogP contribution in [0.5, 0.6) is 0 Å². The molecule has 2 aromatic rings. The van der Waals surface area contributed by atoms with Gasteiger partial charge in [-0.15, -0.1) is 0 Å². The summed E-state index contributed by atoms with van der Waals surface area (Å²) in [7, 11) is 1.35. The summed E-state index contributed by atoms with van der Waals surface area (Å²) in [6.45, 7) is 1.76. The Balaban J connectivity index is 1.70. The summed E-state index contributed by atoms with van der Waals surface area (Å²) in [6, 6.07) is 8.72. The van der Waals surface area contributed by atoms with Gasteiger partial charge in [0.25, 0.3) is 5.91 Å². The van der Waals surface area contributed by atoms with E-state index in [4.69, 9.17) is 4.74 Å². The van der Waals surface area contributed by atoms with Crippen molar-refractivity contribution in [1.29, 1.82) is 0 Å². The van der Waals surface area contributed by atoms with Crippen molar-refractivity contribution >= 4 is 23.4 Å². The number of carbonyl (C=O) groups excluding carboxylic acids is 2. The van der Waals surface area contributed by atoms with Crippen molar-refractivity contribution in [3.63, 3.8) is 0 Å². The molecule has 0 bridgehead atoms. The van der Waals surface area contributed by atoms with Crippen molar-refractivity contribution < 1.29 is 14.3 Å². The van der Waals surface area contributed by atoms with E-state index in [9.17, 15) is 9.59 Å². The third-order valence-electron chi connectivity index (χ3n) is 4.84. The Morgan fingerprint density at radius 2 is 1.71 bits per heavy atom. The van der Waals surface area contributed by atoms with Gasteiger partial charge in [0.15, 0.2) is 0 Å². The molecule has 0 aliphatic heterocycles. The van der Waals surface area contributed by atoms with E-state index in [0.29, 0.717) is 22.9 Å². The molecule has 0 atom stereocenters. The minimum Gasteiger partial charge on any atom is -0.465 e. The molecule has 2 N–H and O–H groups in total. The maximum Gasteiger partial charge on any atom is 0.337 e. The zero-order chi connectivity index (χ0) is 19.9. The van der Waals surface area contributed by atoms with E-state index in [1.165, 1.54) is 20.0 Å². The first-order valence-corrected chi connectivity index (χ1v) is 9.67. The highest BCUT2D eigenvalue weighted by Crippen LogP contribution is 2.19. The van der Waals surface area contributed by atoms with Gasteiger partial charge < -0.3 is 15.4 Å². The first-order chi connectivity index (χ1) is 13.5. The van der Waals surface area contributed by atoms with Crippen LogP contribution in [-0.4, -0.2) is 35.0 Å². The molecule has 28 heavy (non-hydrogen) atoms. The van der Waals surface area contributed by atoms with Gasteiger partial charge in [0, 0.05) is 17.8 Å². The molecule has 0 saturated heterocycles. The lowest BCUT2D eigenvalue weighted by molar-refractivity contribution is 0.0600. The maximum atomic E-state index is 12.7. The number of nitrogens with zero attached hydrogens (tertiary/aromatic N) is 2. The van der Waals surface area contributed by atoms with Crippen LogP contribution in [0.1, 0.15) is 65.2 Å². The molecule has 1 aromatic heterocycles.